The highest BCUT2D eigenvalue weighted by molar-refractivity contribution is 5.97. The Bertz CT molecular complexity index is 743. The molecule has 1 aliphatic rings. The molecule has 1 fully saturated rings. The fourth-order valence-corrected chi connectivity index (χ4v) is 3.49. The predicted octanol–water partition coefficient (Wildman–Crippen LogP) is 1.97. The molecule has 0 bridgehead atoms. The van der Waals surface area contributed by atoms with E-state index in [4.69, 9.17) is 4.74 Å². The van der Waals surface area contributed by atoms with Gasteiger partial charge >= 0.3 is 0 Å². The van der Waals surface area contributed by atoms with Crippen LogP contribution in [0.3, 0.4) is 0 Å². The summed E-state index contributed by atoms with van der Waals surface area (Å²) < 4.78 is 5.48. The summed E-state index contributed by atoms with van der Waals surface area (Å²) in [6, 6.07) is 6.94. The number of benzene rings is 1. The third kappa shape index (κ3) is 8.67. The SMILES string of the molecule is CC(C)OCCCNC(=O)C1CCN(CC(=O)Nc2cccc(C(=O)N(C)C)c2)CC1. The molecule has 1 heterocycles. The Kier molecular flexibility index (Phi) is 9.94. The monoisotopic (exact) mass is 432 g/mol. The van der Waals surface area contributed by atoms with Gasteiger partial charge in [-0.2, -0.15) is 0 Å². The molecule has 172 valence electrons. The van der Waals surface area contributed by atoms with E-state index in [9.17, 15) is 14.4 Å². The van der Waals surface area contributed by atoms with Crippen LogP contribution in [0.25, 0.3) is 0 Å². The quantitative estimate of drug-likeness (QED) is 0.552. The highest BCUT2D eigenvalue weighted by Gasteiger charge is 2.25. The van der Waals surface area contributed by atoms with Gasteiger partial charge in [0.05, 0.1) is 12.6 Å². The molecule has 0 saturated carbocycles. The lowest BCUT2D eigenvalue weighted by Crippen LogP contribution is -2.43. The van der Waals surface area contributed by atoms with Crippen molar-refractivity contribution in [2.45, 2.75) is 39.2 Å². The first kappa shape index (κ1) is 24.8. The van der Waals surface area contributed by atoms with Crippen LogP contribution in [-0.4, -0.2) is 80.5 Å². The van der Waals surface area contributed by atoms with Crippen molar-refractivity contribution in [1.29, 1.82) is 0 Å². The maximum absolute atomic E-state index is 12.4. The number of likely N-dealkylation sites (tertiary alicyclic amines) is 1. The highest BCUT2D eigenvalue weighted by Crippen LogP contribution is 2.18. The molecule has 0 spiro atoms. The second kappa shape index (κ2) is 12.4. The number of anilines is 1. The number of amides is 3. The fraction of sp³-hybridized carbons (Fsp3) is 0.609. The lowest BCUT2D eigenvalue weighted by atomic mass is 9.96. The minimum Gasteiger partial charge on any atom is -0.379 e. The summed E-state index contributed by atoms with van der Waals surface area (Å²) in [5, 5.41) is 5.85. The average molecular weight is 433 g/mol. The molecule has 2 rings (SSSR count). The Morgan fingerprint density at radius 2 is 1.90 bits per heavy atom. The minimum absolute atomic E-state index is 0.000874. The molecule has 1 aliphatic heterocycles. The molecule has 31 heavy (non-hydrogen) atoms. The molecular formula is C23H36N4O4. The van der Waals surface area contributed by atoms with Crippen molar-refractivity contribution in [3.05, 3.63) is 29.8 Å². The van der Waals surface area contributed by atoms with Crippen LogP contribution in [0.15, 0.2) is 24.3 Å². The van der Waals surface area contributed by atoms with E-state index in [1.54, 1.807) is 38.4 Å². The Labute approximate surface area is 185 Å². The Morgan fingerprint density at radius 3 is 2.55 bits per heavy atom. The normalized spacial score (nSPS) is 15.0. The molecule has 8 nitrogen and oxygen atoms in total. The topological polar surface area (TPSA) is 91.0 Å². The first-order valence-electron chi connectivity index (χ1n) is 11.0. The Balaban J connectivity index is 1.70. The summed E-state index contributed by atoms with van der Waals surface area (Å²) in [5.74, 6) is -0.138. The summed E-state index contributed by atoms with van der Waals surface area (Å²) in [6.45, 7) is 6.96. The number of hydrogen-bond donors (Lipinski definition) is 2. The van der Waals surface area contributed by atoms with Gasteiger partial charge < -0.3 is 20.3 Å². The number of nitrogens with zero attached hydrogens (tertiary/aromatic N) is 2. The summed E-state index contributed by atoms with van der Waals surface area (Å²) in [5.41, 5.74) is 1.14. The van der Waals surface area contributed by atoms with E-state index in [1.165, 1.54) is 4.90 Å². The van der Waals surface area contributed by atoms with Crippen LogP contribution in [0.4, 0.5) is 5.69 Å². The number of ether oxygens (including phenoxy) is 1. The van der Waals surface area contributed by atoms with Crippen LogP contribution in [0.2, 0.25) is 0 Å². The van der Waals surface area contributed by atoms with Crippen molar-refractivity contribution >= 4 is 23.4 Å². The summed E-state index contributed by atoms with van der Waals surface area (Å²) in [7, 11) is 3.39. The standard InChI is InChI=1S/C23H36N4O4/c1-17(2)31-14-6-11-24-22(29)18-9-12-27(13-10-18)16-21(28)25-20-8-5-7-19(15-20)23(30)26(3)4/h5,7-8,15,17-18H,6,9-14,16H2,1-4H3,(H,24,29)(H,25,28). The van der Waals surface area contributed by atoms with Crippen molar-refractivity contribution in [2.24, 2.45) is 5.92 Å². The van der Waals surface area contributed by atoms with Crippen molar-refractivity contribution < 1.29 is 19.1 Å². The molecule has 8 heteroatoms. The molecule has 0 atom stereocenters. The van der Waals surface area contributed by atoms with E-state index in [0.29, 0.717) is 37.5 Å². The van der Waals surface area contributed by atoms with Crippen molar-refractivity contribution in [2.75, 3.05) is 52.2 Å². The highest BCUT2D eigenvalue weighted by atomic mass is 16.5. The lowest BCUT2D eigenvalue weighted by molar-refractivity contribution is -0.126. The van der Waals surface area contributed by atoms with Crippen LogP contribution in [0.1, 0.15) is 43.5 Å². The molecule has 0 unspecified atom stereocenters. The molecule has 1 aromatic rings. The molecule has 2 N–H and O–H groups in total. The molecule has 0 aliphatic carbocycles. The summed E-state index contributed by atoms with van der Waals surface area (Å²) in [6.07, 6.45) is 2.51. The molecular weight excluding hydrogens is 396 g/mol. The van der Waals surface area contributed by atoms with Gasteiger partial charge in [-0.15, -0.1) is 0 Å². The van der Waals surface area contributed by atoms with E-state index in [0.717, 1.165) is 19.3 Å². The van der Waals surface area contributed by atoms with Gasteiger partial charge in [-0.05, 0) is 64.4 Å². The van der Waals surface area contributed by atoms with Gasteiger partial charge in [0.15, 0.2) is 0 Å². The van der Waals surface area contributed by atoms with Gasteiger partial charge in [0, 0.05) is 44.4 Å². The molecule has 1 aromatic carbocycles. The molecule has 0 aromatic heterocycles. The maximum atomic E-state index is 12.4. The van der Waals surface area contributed by atoms with E-state index in [2.05, 4.69) is 15.5 Å². The van der Waals surface area contributed by atoms with E-state index >= 15 is 0 Å². The molecule has 1 saturated heterocycles. The minimum atomic E-state index is -0.123. The number of hydrogen-bond acceptors (Lipinski definition) is 5. The fourth-order valence-electron chi connectivity index (χ4n) is 3.49. The van der Waals surface area contributed by atoms with E-state index in [-0.39, 0.29) is 36.3 Å². The van der Waals surface area contributed by atoms with Crippen molar-refractivity contribution in [3.8, 4) is 0 Å². The van der Waals surface area contributed by atoms with Crippen molar-refractivity contribution in [1.82, 2.24) is 15.1 Å². The van der Waals surface area contributed by atoms with Crippen LogP contribution < -0.4 is 10.6 Å². The Morgan fingerprint density at radius 1 is 1.19 bits per heavy atom. The number of carbonyl (C=O) groups is 3. The maximum Gasteiger partial charge on any atom is 0.253 e. The van der Waals surface area contributed by atoms with Gasteiger partial charge in [0.1, 0.15) is 0 Å². The second-order valence-electron chi connectivity index (χ2n) is 8.44. The number of nitrogens with one attached hydrogen (secondary N) is 2. The smallest absolute Gasteiger partial charge is 0.253 e. The largest absolute Gasteiger partial charge is 0.379 e. The van der Waals surface area contributed by atoms with Crippen LogP contribution in [0, 0.1) is 5.92 Å². The number of carbonyl (C=O) groups excluding carboxylic acids is 3. The first-order valence-corrected chi connectivity index (χ1v) is 11.0. The predicted molar refractivity (Wildman–Crippen MR) is 121 cm³/mol. The number of rotatable bonds is 10. The molecule has 0 radical (unpaired) electrons. The van der Waals surface area contributed by atoms with Gasteiger partial charge in [-0.3, -0.25) is 19.3 Å². The zero-order valence-electron chi connectivity index (χ0n) is 19.1. The zero-order chi connectivity index (χ0) is 22.8. The van der Waals surface area contributed by atoms with E-state index in [1.807, 2.05) is 13.8 Å². The second-order valence-corrected chi connectivity index (χ2v) is 8.44. The van der Waals surface area contributed by atoms with Crippen LogP contribution in [-0.2, 0) is 14.3 Å². The average Bonchev–Trinajstić information content (AvgIpc) is 2.73. The van der Waals surface area contributed by atoms with Gasteiger partial charge in [0.2, 0.25) is 11.8 Å². The van der Waals surface area contributed by atoms with Crippen LogP contribution >= 0.6 is 0 Å². The Hall–Kier alpha value is -2.45. The lowest BCUT2D eigenvalue weighted by Gasteiger charge is -2.30. The van der Waals surface area contributed by atoms with Gasteiger partial charge in [-0.25, -0.2) is 0 Å². The van der Waals surface area contributed by atoms with Crippen molar-refractivity contribution in [3.63, 3.8) is 0 Å². The third-order valence-corrected chi connectivity index (χ3v) is 5.20. The summed E-state index contributed by atoms with van der Waals surface area (Å²) in [4.78, 5) is 40.4. The van der Waals surface area contributed by atoms with Gasteiger partial charge in [0.25, 0.3) is 5.91 Å². The van der Waals surface area contributed by atoms with Gasteiger partial charge in [-0.1, -0.05) is 6.07 Å². The van der Waals surface area contributed by atoms with E-state index < -0.39 is 0 Å². The zero-order valence-corrected chi connectivity index (χ0v) is 19.1. The summed E-state index contributed by atoms with van der Waals surface area (Å²) >= 11 is 0. The third-order valence-electron chi connectivity index (χ3n) is 5.20. The number of piperidine rings is 1. The molecule has 3 amide bonds. The first-order chi connectivity index (χ1) is 14.8. The van der Waals surface area contributed by atoms with Crippen LogP contribution in [0.5, 0.6) is 0 Å².